The van der Waals surface area contributed by atoms with Crippen molar-refractivity contribution in [3.8, 4) is 11.5 Å². The first-order valence-electron chi connectivity index (χ1n) is 7.95. The molecule has 0 saturated heterocycles. The minimum atomic E-state index is -0.760. The first-order chi connectivity index (χ1) is 12.5. The van der Waals surface area contributed by atoms with Crippen LogP contribution in [0.4, 0.5) is 5.69 Å². The van der Waals surface area contributed by atoms with Crippen molar-refractivity contribution < 1.29 is 19.1 Å². The number of nitrogens with one attached hydrogen (secondary N) is 2. The average molecular weight is 395 g/mol. The van der Waals surface area contributed by atoms with E-state index in [9.17, 15) is 9.59 Å². The molecule has 8 heteroatoms. The molecule has 0 aromatic heterocycles. The van der Waals surface area contributed by atoms with E-state index in [2.05, 4.69) is 10.6 Å². The first kappa shape index (κ1) is 18.4. The van der Waals surface area contributed by atoms with E-state index >= 15 is 0 Å². The third kappa shape index (κ3) is 4.59. The topological polar surface area (TPSA) is 76.7 Å². The van der Waals surface area contributed by atoms with Crippen molar-refractivity contribution in [1.29, 1.82) is 0 Å². The highest BCUT2D eigenvalue weighted by Gasteiger charge is 2.16. The smallest absolute Gasteiger partial charge is 0.313 e. The SMILES string of the molecule is O=C(NCCc1ccc(Cl)cc1Cl)C(=O)Nc1ccc2c(c1)OCCO2. The Labute approximate surface area is 160 Å². The number of amides is 2. The van der Waals surface area contributed by atoms with Gasteiger partial charge in [0.05, 0.1) is 0 Å². The molecule has 0 aliphatic carbocycles. The highest BCUT2D eigenvalue weighted by molar-refractivity contribution is 6.39. The Morgan fingerprint density at radius 2 is 1.73 bits per heavy atom. The van der Waals surface area contributed by atoms with Crippen LogP contribution in [0.25, 0.3) is 0 Å². The number of rotatable bonds is 4. The second-order valence-electron chi connectivity index (χ2n) is 5.55. The number of carbonyl (C=O) groups excluding carboxylic acids is 2. The molecule has 1 aliphatic heterocycles. The molecule has 3 rings (SSSR count). The van der Waals surface area contributed by atoms with Gasteiger partial charge in [-0.3, -0.25) is 9.59 Å². The van der Waals surface area contributed by atoms with Gasteiger partial charge in [-0.25, -0.2) is 0 Å². The van der Waals surface area contributed by atoms with E-state index in [1.54, 1.807) is 36.4 Å². The molecule has 2 aromatic rings. The summed E-state index contributed by atoms with van der Waals surface area (Å²) in [6.07, 6.45) is 0.485. The van der Waals surface area contributed by atoms with Gasteiger partial charge in [0, 0.05) is 28.3 Å². The first-order valence-corrected chi connectivity index (χ1v) is 8.71. The van der Waals surface area contributed by atoms with Crippen molar-refractivity contribution in [2.75, 3.05) is 25.1 Å². The van der Waals surface area contributed by atoms with Gasteiger partial charge < -0.3 is 20.1 Å². The van der Waals surface area contributed by atoms with Crippen LogP contribution in [-0.4, -0.2) is 31.6 Å². The number of halogens is 2. The molecular weight excluding hydrogens is 379 g/mol. The molecule has 2 aromatic carbocycles. The monoisotopic (exact) mass is 394 g/mol. The largest absolute Gasteiger partial charge is 0.486 e. The maximum Gasteiger partial charge on any atom is 0.313 e. The lowest BCUT2D eigenvalue weighted by Crippen LogP contribution is -2.36. The predicted molar refractivity (Wildman–Crippen MR) is 99.2 cm³/mol. The van der Waals surface area contributed by atoms with Gasteiger partial charge in [0.25, 0.3) is 0 Å². The Kier molecular flexibility index (Phi) is 5.85. The van der Waals surface area contributed by atoms with Crippen molar-refractivity contribution >= 4 is 40.7 Å². The van der Waals surface area contributed by atoms with Crippen LogP contribution in [-0.2, 0) is 16.0 Å². The van der Waals surface area contributed by atoms with Gasteiger partial charge in [0.1, 0.15) is 13.2 Å². The maximum absolute atomic E-state index is 12.0. The van der Waals surface area contributed by atoms with Gasteiger partial charge in [-0.1, -0.05) is 29.3 Å². The van der Waals surface area contributed by atoms with Gasteiger partial charge in [-0.15, -0.1) is 0 Å². The molecule has 2 amide bonds. The van der Waals surface area contributed by atoms with Gasteiger partial charge in [0.2, 0.25) is 0 Å². The standard InChI is InChI=1S/C18H16Cl2N2O4/c19-12-2-1-11(14(20)9-12)5-6-21-17(23)18(24)22-13-3-4-15-16(10-13)26-8-7-25-15/h1-4,9-10H,5-8H2,(H,21,23)(H,22,24). The van der Waals surface area contributed by atoms with E-state index in [0.717, 1.165) is 5.56 Å². The quantitative estimate of drug-likeness (QED) is 0.781. The minimum absolute atomic E-state index is 0.273. The summed E-state index contributed by atoms with van der Waals surface area (Å²) in [4.78, 5) is 23.9. The minimum Gasteiger partial charge on any atom is -0.486 e. The Bertz CT molecular complexity index is 842. The van der Waals surface area contributed by atoms with Crippen LogP contribution >= 0.6 is 23.2 Å². The van der Waals surface area contributed by atoms with Crippen LogP contribution in [0.15, 0.2) is 36.4 Å². The Morgan fingerprint density at radius 1 is 0.962 bits per heavy atom. The zero-order valence-electron chi connectivity index (χ0n) is 13.7. The van der Waals surface area contributed by atoms with E-state index in [-0.39, 0.29) is 6.54 Å². The average Bonchev–Trinajstić information content (AvgIpc) is 2.63. The summed E-state index contributed by atoms with van der Waals surface area (Å²) in [5, 5.41) is 6.15. The third-order valence-electron chi connectivity index (χ3n) is 3.70. The van der Waals surface area contributed by atoms with Crippen LogP contribution in [0.3, 0.4) is 0 Å². The highest BCUT2D eigenvalue weighted by Crippen LogP contribution is 2.32. The Morgan fingerprint density at radius 3 is 2.50 bits per heavy atom. The predicted octanol–water partition coefficient (Wildman–Crippen LogP) is 3.06. The lowest BCUT2D eigenvalue weighted by molar-refractivity contribution is -0.136. The number of fused-ring (bicyclic) bond motifs is 1. The van der Waals surface area contributed by atoms with Gasteiger partial charge in [-0.05, 0) is 36.2 Å². The van der Waals surface area contributed by atoms with Crippen LogP contribution in [0, 0.1) is 0 Å². The van der Waals surface area contributed by atoms with Crippen molar-refractivity contribution in [1.82, 2.24) is 5.32 Å². The lowest BCUT2D eigenvalue weighted by Gasteiger charge is -2.18. The van der Waals surface area contributed by atoms with Crippen molar-refractivity contribution in [3.05, 3.63) is 52.0 Å². The van der Waals surface area contributed by atoms with Crippen LogP contribution in [0.5, 0.6) is 11.5 Å². The third-order valence-corrected chi connectivity index (χ3v) is 4.29. The summed E-state index contributed by atoms with van der Waals surface area (Å²) in [7, 11) is 0. The molecule has 0 unspecified atom stereocenters. The van der Waals surface area contributed by atoms with E-state index < -0.39 is 11.8 Å². The van der Waals surface area contributed by atoms with Gasteiger partial charge in [-0.2, -0.15) is 0 Å². The number of hydrogen-bond acceptors (Lipinski definition) is 4. The molecule has 0 spiro atoms. The molecule has 0 atom stereocenters. The fourth-order valence-corrected chi connectivity index (χ4v) is 2.93. The fraction of sp³-hybridized carbons (Fsp3) is 0.222. The molecule has 0 fully saturated rings. The normalized spacial score (nSPS) is 12.4. The number of anilines is 1. The number of ether oxygens (including phenoxy) is 2. The molecule has 6 nitrogen and oxygen atoms in total. The second-order valence-corrected chi connectivity index (χ2v) is 6.40. The van der Waals surface area contributed by atoms with E-state index in [1.807, 2.05) is 0 Å². The number of benzene rings is 2. The molecule has 26 heavy (non-hydrogen) atoms. The van der Waals surface area contributed by atoms with E-state index in [4.69, 9.17) is 32.7 Å². The molecule has 1 heterocycles. The van der Waals surface area contributed by atoms with Crippen LogP contribution in [0.1, 0.15) is 5.56 Å². The summed E-state index contributed by atoms with van der Waals surface area (Å²) < 4.78 is 10.8. The van der Waals surface area contributed by atoms with Crippen molar-refractivity contribution in [2.24, 2.45) is 0 Å². The van der Waals surface area contributed by atoms with Crippen LogP contribution in [0.2, 0.25) is 10.0 Å². The van der Waals surface area contributed by atoms with E-state index in [0.29, 0.717) is 46.9 Å². The molecule has 0 saturated carbocycles. The summed E-state index contributed by atoms with van der Waals surface area (Å²) in [6.45, 7) is 1.20. The van der Waals surface area contributed by atoms with Crippen molar-refractivity contribution in [2.45, 2.75) is 6.42 Å². The van der Waals surface area contributed by atoms with E-state index in [1.165, 1.54) is 0 Å². The summed E-state index contributed by atoms with van der Waals surface area (Å²) in [5.41, 5.74) is 1.29. The molecular formula is C18H16Cl2N2O4. The zero-order chi connectivity index (χ0) is 18.5. The fourth-order valence-electron chi connectivity index (χ4n) is 2.42. The Hall–Kier alpha value is -2.44. The second kappa shape index (κ2) is 8.29. The lowest BCUT2D eigenvalue weighted by atomic mass is 10.1. The van der Waals surface area contributed by atoms with Gasteiger partial charge >= 0.3 is 11.8 Å². The number of carbonyl (C=O) groups is 2. The Balaban J connectivity index is 1.51. The molecule has 0 radical (unpaired) electrons. The molecule has 2 N–H and O–H groups in total. The summed E-state index contributed by atoms with van der Waals surface area (Å²) in [6, 6.07) is 10.1. The molecule has 1 aliphatic rings. The summed E-state index contributed by atoms with van der Waals surface area (Å²) in [5.74, 6) is -0.348. The maximum atomic E-state index is 12.0. The highest BCUT2D eigenvalue weighted by atomic mass is 35.5. The molecule has 0 bridgehead atoms. The molecule has 136 valence electrons. The number of hydrogen-bond donors (Lipinski definition) is 2. The summed E-state index contributed by atoms with van der Waals surface area (Å²) >= 11 is 11.9. The van der Waals surface area contributed by atoms with Crippen LogP contribution < -0.4 is 20.1 Å². The zero-order valence-corrected chi connectivity index (χ0v) is 15.2. The van der Waals surface area contributed by atoms with Gasteiger partial charge in [0.15, 0.2) is 11.5 Å². The van der Waals surface area contributed by atoms with Crippen molar-refractivity contribution in [3.63, 3.8) is 0 Å².